The molecule has 0 aromatic heterocycles. The van der Waals surface area contributed by atoms with Crippen LogP contribution in [0.2, 0.25) is 0 Å². The summed E-state index contributed by atoms with van der Waals surface area (Å²) in [6, 6.07) is 0. The molecule has 2 heterocycles. The number of carbonyl (C=O) groups is 2. The lowest BCUT2D eigenvalue weighted by Gasteiger charge is -2.32. The average Bonchev–Trinajstić information content (AvgIpc) is 3.27. The molecule has 0 aromatic carbocycles. The zero-order valence-electron chi connectivity index (χ0n) is 15.7. The monoisotopic (exact) mass is 371 g/mol. The minimum atomic E-state index is 0. The van der Waals surface area contributed by atoms with E-state index in [4.69, 9.17) is 0 Å². The van der Waals surface area contributed by atoms with Crippen LogP contribution in [0.1, 0.15) is 52.4 Å². The van der Waals surface area contributed by atoms with Gasteiger partial charge in [-0.05, 0) is 62.9 Å². The molecule has 25 heavy (non-hydrogen) atoms. The van der Waals surface area contributed by atoms with Crippen molar-refractivity contribution >= 4 is 24.2 Å². The molecule has 2 saturated heterocycles. The number of nitrogens with one attached hydrogen (secondary N) is 2. The van der Waals surface area contributed by atoms with E-state index >= 15 is 0 Å². The number of carbonyl (C=O) groups excluding carboxylic acids is 2. The van der Waals surface area contributed by atoms with Crippen LogP contribution in [0, 0.1) is 23.2 Å². The van der Waals surface area contributed by atoms with Crippen LogP contribution in [0.25, 0.3) is 0 Å². The van der Waals surface area contributed by atoms with Gasteiger partial charge in [0.25, 0.3) is 0 Å². The van der Waals surface area contributed by atoms with Crippen molar-refractivity contribution in [1.29, 1.82) is 0 Å². The summed E-state index contributed by atoms with van der Waals surface area (Å²) in [6.07, 6.45) is 6.06. The second-order valence-electron chi connectivity index (χ2n) is 8.44. The van der Waals surface area contributed by atoms with E-state index in [0.717, 1.165) is 71.2 Å². The molecule has 2 aliphatic heterocycles. The first-order valence-electron chi connectivity index (χ1n) is 9.79. The van der Waals surface area contributed by atoms with Gasteiger partial charge in [-0.15, -0.1) is 12.4 Å². The summed E-state index contributed by atoms with van der Waals surface area (Å²) in [5, 5.41) is 6.45. The van der Waals surface area contributed by atoms with Crippen LogP contribution in [-0.2, 0) is 9.59 Å². The smallest absolute Gasteiger partial charge is 0.226 e. The van der Waals surface area contributed by atoms with Crippen molar-refractivity contribution < 1.29 is 9.59 Å². The lowest BCUT2D eigenvalue weighted by Crippen LogP contribution is -2.44. The third kappa shape index (κ3) is 4.88. The summed E-state index contributed by atoms with van der Waals surface area (Å²) < 4.78 is 0. The van der Waals surface area contributed by atoms with Crippen molar-refractivity contribution in [3.05, 3.63) is 0 Å². The average molecular weight is 372 g/mol. The molecule has 0 aromatic rings. The summed E-state index contributed by atoms with van der Waals surface area (Å²) in [6.45, 7) is 8.74. The predicted octanol–water partition coefficient (Wildman–Crippen LogP) is 2.20. The summed E-state index contributed by atoms with van der Waals surface area (Å²) in [7, 11) is 0. The highest BCUT2D eigenvalue weighted by atomic mass is 35.5. The molecule has 3 rings (SSSR count). The largest absolute Gasteiger partial charge is 0.356 e. The van der Waals surface area contributed by atoms with Gasteiger partial charge in [0.2, 0.25) is 11.8 Å². The highest BCUT2D eigenvalue weighted by Gasteiger charge is 2.58. The fourth-order valence-corrected chi connectivity index (χ4v) is 4.38. The normalized spacial score (nSPS) is 25.6. The molecule has 3 fully saturated rings. The lowest BCUT2D eigenvalue weighted by molar-refractivity contribution is -0.137. The van der Waals surface area contributed by atoms with E-state index in [2.05, 4.69) is 24.5 Å². The van der Waals surface area contributed by atoms with Gasteiger partial charge < -0.3 is 15.5 Å². The molecule has 144 valence electrons. The van der Waals surface area contributed by atoms with Crippen LogP contribution in [0.4, 0.5) is 0 Å². The number of hydrogen-bond donors (Lipinski definition) is 2. The first-order valence-corrected chi connectivity index (χ1v) is 9.79. The van der Waals surface area contributed by atoms with Crippen molar-refractivity contribution in [2.45, 2.75) is 52.4 Å². The fraction of sp³-hybridized carbons (Fsp3) is 0.895. The molecule has 1 aliphatic carbocycles. The Morgan fingerprint density at radius 1 is 1.20 bits per heavy atom. The maximum Gasteiger partial charge on any atom is 0.226 e. The fourth-order valence-electron chi connectivity index (χ4n) is 4.38. The van der Waals surface area contributed by atoms with E-state index in [0.29, 0.717) is 17.2 Å². The first-order chi connectivity index (χ1) is 11.5. The molecule has 1 spiro atoms. The molecule has 5 nitrogen and oxygen atoms in total. The van der Waals surface area contributed by atoms with Gasteiger partial charge >= 0.3 is 0 Å². The number of piperidine rings is 2. The molecule has 0 bridgehead atoms. The second kappa shape index (κ2) is 8.72. The van der Waals surface area contributed by atoms with Gasteiger partial charge in [0.15, 0.2) is 0 Å². The standard InChI is InChI=1S/C19H33N3O2.ClH/c1-14(2)3-8-21-17(23)15-4-11-22(12-5-15)18(24)16-13-19(16)6-9-20-10-7-19;/h14-16,20H,3-13H2,1-2H3,(H,21,23);1H. The highest BCUT2D eigenvalue weighted by Crippen LogP contribution is 2.59. The zero-order valence-corrected chi connectivity index (χ0v) is 16.5. The zero-order chi connectivity index (χ0) is 17.2. The number of rotatable bonds is 5. The Labute approximate surface area is 158 Å². The number of likely N-dealkylation sites (tertiary alicyclic amines) is 1. The SMILES string of the molecule is CC(C)CCNC(=O)C1CCN(C(=O)C2CC23CCNCC3)CC1.Cl. The van der Waals surface area contributed by atoms with Gasteiger partial charge in [0.05, 0.1) is 0 Å². The van der Waals surface area contributed by atoms with Crippen LogP contribution in [-0.4, -0.2) is 49.4 Å². The van der Waals surface area contributed by atoms with Crippen molar-refractivity contribution in [2.75, 3.05) is 32.7 Å². The van der Waals surface area contributed by atoms with E-state index in [-0.39, 0.29) is 30.2 Å². The van der Waals surface area contributed by atoms with Gasteiger partial charge in [-0.25, -0.2) is 0 Å². The third-order valence-electron chi connectivity index (χ3n) is 6.29. The quantitative estimate of drug-likeness (QED) is 0.778. The minimum absolute atomic E-state index is 0. The molecule has 6 heteroatoms. The number of nitrogens with zero attached hydrogens (tertiary/aromatic N) is 1. The second-order valence-corrected chi connectivity index (χ2v) is 8.44. The van der Waals surface area contributed by atoms with Crippen molar-refractivity contribution in [2.24, 2.45) is 23.2 Å². The van der Waals surface area contributed by atoms with E-state index in [9.17, 15) is 9.59 Å². The Balaban J connectivity index is 0.00000225. The van der Waals surface area contributed by atoms with Crippen molar-refractivity contribution in [1.82, 2.24) is 15.5 Å². The van der Waals surface area contributed by atoms with Crippen LogP contribution < -0.4 is 10.6 Å². The van der Waals surface area contributed by atoms with Crippen LogP contribution in [0.3, 0.4) is 0 Å². The van der Waals surface area contributed by atoms with Crippen molar-refractivity contribution in [3.8, 4) is 0 Å². The summed E-state index contributed by atoms with van der Waals surface area (Å²) in [4.78, 5) is 27.0. The molecular weight excluding hydrogens is 338 g/mol. The molecule has 1 unspecified atom stereocenters. The topological polar surface area (TPSA) is 61.4 Å². The number of hydrogen-bond acceptors (Lipinski definition) is 3. The van der Waals surface area contributed by atoms with Gasteiger partial charge in [-0.1, -0.05) is 13.8 Å². The van der Waals surface area contributed by atoms with Crippen LogP contribution in [0.5, 0.6) is 0 Å². The van der Waals surface area contributed by atoms with Crippen LogP contribution >= 0.6 is 12.4 Å². The molecule has 2 amide bonds. The molecular formula is C19H34ClN3O2. The maximum atomic E-state index is 12.8. The Bertz CT molecular complexity index is 469. The van der Waals surface area contributed by atoms with E-state index in [1.165, 1.54) is 0 Å². The molecule has 3 aliphatic rings. The Morgan fingerprint density at radius 3 is 2.44 bits per heavy atom. The predicted molar refractivity (Wildman–Crippen MR) is 102 cm³/mol. The van der Waals surface area contributed by atoms with Gasteiger partial charge in [0.1, 0.15) is 0 Å². The summed E-state index contributed by atoms with van der Waals surface area (Å²) >= 11 is 0. The summed E-state index contributed by atoms with van der Waals surface area (Å²) in [5.74, 6) is 1.51. The van der Waals surface area contributed by atoms with Crippen molar-refractivity contribution in [3.63, 3.8) is 0 Å². The highest BCUT2D eigenvalue weighted by molar-refractivity contribution is 5.85. The Morgan fingerprint density at radius 2 is 1.84 bits per heavy atom. The Kier molecular flexibility index (Phi) is 7.15. The number of halogens is 1. The van der Waals surface area contributed by atoms with E-state index in [1.807, 2.05) is 4.90 Å². The Hall–Kier alpha value is -0.810. The lowest BCUT2D eigenvalue weighted by atomic mass is 9.90. The van der Waals surface area contributed by atoms with Crippen LogP contribution in [0.15, 0.2) is 0 Å². The molecule has 1 saturated carbocycles. The molecule has 2 N–H and O–H groups in total. The van der Waals surface area contributed by atoms with Gasteiger partial charge in [-0.2, -0.15) is 0 Å². The van der Waals surface area contributed by atoms with E-state index < -0.39 is 0 Å². The first kappa shape index (κ1) is 20.5. The summed E-state index contributed by atoms with van der Waals surface area (Å²) in [5.41, 5.74) is 0.313. The van der Waals surface area contributed by atoms with Gasteiger partial charge in [0, 0.05) is 31.5 Å². The van der Waals surface area contributed by atoms with Gasteiger partial charge in [-0.3, -0.25) is 9.59 Å². The molecule has 1 atom stereocenters. The number of amides is 2. The maximum absolute atomic E-state index is 12.8. The third-order valence-corrected chi connectivity index (χ3v) is 6.29. The van der Waals surface area contributed by atoms with E-state index in [1.54, 1.807) is 0 Å². The minimum Gasteiger partial charge on any atom is -0.356 e. The molecule has 0 radical (unpaired) electrons.